The van der Waals surface area contributed by atoms with Gasteiger partial charge in [-0.05, 0) is 44.2 Å². The molecule has 108 valence electrons. The molecule has 0 saturated heterocycles. The molecule has 7 heteroatoms. The highest BCUT2D eigenvalue weighted by Gasteiger charge is 2.44. The van der Waals surface area contributed by atoms with Crippen molar-refractivity contribution in [3.8, 4) is 0 Å². The number of rotatable bonds is 4. The van der Waals surface area contributed by atoms with E-state index in [1.54, 1.807) is 13.8 Å². The van der Waals surface area contributed by atoms with Crippen molar-refractivity contribution in [2.24, 2.45) is 11.7 Å². The van der Waals surface area contributed by atoms with Crippen LogP contribution in [0, 0.1) is 23.0 Å². The number of halogens is 1. The maximum absolute atomic E-state index is 12.2. The highest BCUT2D eigenvalue weighted by Crippen LogP contribution is 2.39. The summed E-state index contributed by atoms with van der Waals surface area (Å²) in [4.78, 5) is 22.4. The molecule has 1 unspecified atom stereocenters. The summed E-state index contributed by atoms with van der Waals surface area (Å²) in [6.07, 6.45) is 1.89. The third-order valence-corrected chi connectivity index (χ3v) is 3.96. The number of nitro benzene ring substituents is 1. The van der Waals surface area contributed by atoms with Gasteiger partial charge in [-0.15, -0.1) is 0 Å². The molecule has 0 aromatic heterocycles. The van der Waals surface area contributed by atoms with Crippen LogP contribution in [-0.4, -0.2) is 16.4 Å². The van der Waals surface area contributed by atoms with Gasteiger partial charge in [0.25, 0.3) is 5.69 Å². The highest BCUT2D eigenvalue weighted by atomic mass is 35.5. The summed E-state index contributed by atoms with van der Waals surface area (Å²) in [5.41, 5.74) is 5.93. The number of nitrogens with two attached hydrogens (primary N) is 1. The summed E-state index contributed by atoms with van der Waals surface area (Å²) in [7, 11) is 0. The molecule has 1 aromatic carbocycles. The van der Waals surface area contributed by atoms with Gasteiger partial charge >= 0.3 is 0 Å². The minimum Gasteiger partial charge on any atom is -0.324 e. The molecule has 1 aromatic rings. The monoisotopic (exact) mass is 297 g/mol. The lowest BCUT2D eigenvalue weighted by Gasteiger charge is -2.23. The number of benzene rings is 1. The first-order chi connectivity index (χ1) is 9.23. The van der Waals surface area contributed by atoms with Gasteiger partial charge in [0.05, 0.1) is 10.5 Å². The third-order valence-electron chi connectivity index (χ3n) is 3.65. The van der Waals surface area contributed by atoms with Crippen LogP contribution in [0.4, 0.5) is 11.4 Å². The Hall–Kier alpha value is -1.66. The van der Waals surface area contributed by atoms with E-state index in [4.69, 9.17) is 17.3 Å². The fourth-order valence-corrected chi connectivity index (χ4v) is 2.30. The number of nitro groups is 1. The van der Waals surface area contributed by atoms with Crippen molar-refractivity contribution in [3.63, 3.8) is 0 Å². The van der Waals surface area contributed by atoms with E-state index in [2.05, 4.69) is 5.32 Å². The van der Waals surface area contributed by atoms with Crippen LogP contribution in [0.5, 0.6) is 0 Å². The molecule has 0 spiro atoms. The lowest BCUT2D eigenvalue weighted by molar-refractivity contribution is -0.384. The van der Waals surface area contributed by atoms with E-state index in [1.807, 2.05) is 0 Å². The van der Waals surface area contributed by atoms with Crippen LogP contribution in [0.1, 0.15) is 25.3 Å². The zero-order valence-corrected chi connectivity index (χ0v) is 12.0. The van der Waals surface area contributed by atoms with Crippen LogP contribution in [-0.2, 0) is 4.79 Å². The molecule has 1 aliphatic rings. The van der Waals surface area contributed by atoms with Gasteiger partial charge in [-0.3, -0.25) is 14.9 Å². The molecule has 0 aliphatic heterocycles. The van der Waals surface area contributed by atoms with Gasteiger partial charge in [-0.25, -0.2) is 0 Å². The Kier molecular flexibility index (Phi) is 3.71. The molecule has 0 heterocycles. The molecule has 1 aliphatic carbocycles. The largest absolute Gasteiger partial charge is 0.324 e. The number of nitrogens with one attached hydrogen (secondary N) is 1. The van der Waals surface area contributed by atoms with Gasteiger partial charge in [0.15, 0.2) is 0 Å². The number of carbonyl (C=O) groups is 1. The Morgan fingerprint density at radius 1 is 1.55 bits per heavy atom. The maximum atomic E-state index is 12.2. The lowest BCUT2D eigenvalue weighted by atomic mass is 9.96. The van der Waals surface area contributed by atoms with Crippen molar-refractivity contribution in [1.82, 2.24) is 0 Å². The average Bonchev–Trinajstić information content (AvgIpc) is 3.17. The number of hydrogen-bond donors (Lipinski definition) is 2. The van der Waals surface area contributed by atoms with Gasteiger partial charge in [-0.1, -0.05) is 11.6 Å². The fraction of sp³-hybridized carbons (Fsp3) is 0.462. The van der Waals surface area contributed by atoms with Gasteiger partial charge in [-0.2, -0.15) is 0 Å². The first-order valence-corrected chi connectivity index (χ1v) is 6.66. The molecule has 3 N–H and O–H groups in total. The zero-order chi connectivity index (χ0) is 15.1. The molecule has 0 radical (unpaired) electrons. The Morgan fingerprint density at radius 3 is 2.65 bits per heavy atom. The van der Waals surface area contributed by atoms with Gasteiger partial charge < -0.3 is 11.1 Å². The summed E-state index contributed by atoms with van der Waals surface area (Å²) in [6, 6.07) is 2.72. The SMILES string of the molecule is Cc1cc([N+](=O)[O-])c(Cl)cc1NC(=O)C(C)(N)C1CC1. The van der Waals surface area contributed by atoms with Crippen molar-refractivity contribution < 1.29 is 9.72 Å². The highest BCUT2D eigenvalue weighted by molar-refractivity contribution is 6.33. The molecule has 1 saturated carbocycles. The van der Waals surface area contributed by atoms with Crippen LogP contribution >= 0.6 is 11.6 Å². The smallest absolute Gasteiger partial charge is 0.288 e. The first-order valence-electron chi connectivity index (χ1n) is 6.28. The molecular weight excluding hydrogens is 282 g/mol. The predicted octanol–water partition coefficient (Wildman–Crippen LogP) is 2.62. The number of carbonyl (C=O) groups excluding carboxylic acids is 1. The molecule has 6 nitrogen and oxygen atoms in total. The Morgan fingerprint density at radius 2 is 2.15 bits per heavy atom. The summed E-state index contributed by atoms with van der Waals surface area (Å²) in [6.45, 7) is 3.37. The van der Waals surface area contributed by atoms with Crippen LogP contribution in [0.15, 0.2) is 12.1 Å². The van der Waals surface area contributed by atoms with Crippen LogP contribution in [0.25, 0.3) is 0 Å². The lowest BCUT2D eigenvalue weighted by Crippen LogP contribution is -2.50. The summed E-state index contributed by atoms with van der Waals surface area (Å²) < 4.78 is 0. The summed E-state index contributed by atoms with van der Waals surface area (Å²) in [5, 5.41) is 13.5. The second kappa shape index (κ2) is 5.03. The zero-order valence-electron chi connectivity index (χ0n) is 11.3. The van der Waals surface area contributed by atoms with E-state index < -0.39 is 10.5 Å². The molecular formula is C13H16ClN3O3. The topological polar surface area (TPSA) is 98.3 Å². The van der Waals surface area contributed by atoms with Crippen molar-refractivity contribution in [2.75, 3.05) is 5.32 Å². The average molecular weight is 298 g/mol. The standard InChI is InChI=1S/C13H16ClN3O3/c1-7-5-11(17(19)20)9(14)6-10(7)16-12(18)13(2,15)8-3-4-8/h5-6,8H,3-4,15H2,1-2H3,(H,16,18). The van der Waals surface area contributed by atoms with Crippen LogP contribution in [0.2, 0.25) is 5.02 Å². The number of amides is 1. The number of aryl methyl sites for hydroxylation is 1. The third kappa shape index (κ3) is 2.76. The van der Waals surface area contributed by atoms with E-state index in [0.29, 0.717) is 11.3 Å². The molecule has 1 amide bonds. The minimum atomic E-state index is -0.930. The predicted molar refractivity (Wildman–Crippen MR) is 76.8 cm³/mol. The van der Waals surface area contributed by atoms with Crippen LogP contribution in [0.3, 0.4) is 0 Å². The van der Waals surface area contributed by atoms with Gasteiger partial charge in [0, 0.05) is 11.8 Å². The normalized spacial score (nSPS) is 17.4. The minimum absolute atomic E-state index is 0.0129. The van der Waals surface area contributed by atoms with E-state index in [0.717, 1.165) is 12.8 Å². The number of hydrogen-bond acceptors (Lipinski definition) is 4. The first kappa shape index (κ1) is 14.7. The molecule has 1 fully saturated rings. The van der Waals surface area contributed by atoms with Crippen molar-refractivity contribution in [2.45, 2.75) is 32.2 Å². The maximum Gasteiger partial charge on any atom is 0.288 e. The molecule has 0 bridgehead atoms. The Labute approximate surface area is 121 Å². The van der Waals surface area contributed by atoms with Crippen molar-refractivity contribution in [3.05, 3.63) is 32.8 Å². The van der Waals surface area contributed by atoms with Gasteiger partial charge in [0.1, 0.15) is 5.02 Å². The molecule has 2 rings (SSSR count). The van der Waals surface area contributed by atoms with E-state index in [-0.39, 0.29) is 22.5 Å². The van der Waals surface area contributed by atoms with E-state index >= 15 is 0 Å². The quantitative estimate of drug-likeness (QED) is 0.659. The summed E-state index contributed by atoms with van der Waals surface area (Å²) >= 11 is 5.84. The molecule has 1 atom stereocenters. The van der Waals surface area contributed by atoms with Crippen molar-refractivity contribution in [1.29, 1.82) is 0 Å². The van der Waals surface area contributed by atoms with Crippen LogP contribution < -0.4 is 11.1 Å². The second-order valence-electron chi connectivity index (χ2n) is 5.39. The fourth-order valence-electron chi connectivity index (χ4n) is 2.07. The number of nitrogens with zero attached hydrogens (tertiary/aromatic N) is 1. The Balaban J connectivity index is 2.24. The molecule has 20 heavy (non-hydrogen) atoms. The van der Waals surface area contributed by atoms with E-state index in [9.17, 15) is 14.9 Å². The van der Waals surface area contributed by atoms with Gasteiger partial charge in [0.2, 0.25) is 5.91 Å². The second-order valence-corrected chi connectivity index (χ2v) is 5.79. The number of anilines is 1. The Bertz CT molecular complexity index is 582. The van der Waals surface area contributed by atoms with Crippen molar-refractivity contribution >= 4 is 28.9 Å². The van der Waals surface area contributed by atoms with E-state index in [1.165, 1.54) is 12.1 Å². The summed E-state index contributed by atoms with van der Waals surface area (Å²) in [5.74, 6) is -0.107.